The molecule has 6 rings (SSSR count). The number of benzene rings is 2. The Morgan fingerprint density at radius 3 is 2.55 bits per heavy atom. The summed E-state index contributed by atoms with van der Waals surface area (Å²) in [5.74, 6) is 0.762. The molecular formula is C28H19Cl2F3N8O. The van der Waals surface area contributed by atoms with E-state index in [1.54, 1.807) is 24.4 Å². The Balaban J connectivity index is 0.000000295. The standard InChI is InChI=1S/C22H15ClF3N5O.C6H4ClN3/c23-17-12-15(5-6-19(17)32-16-4-1-3-14(11-16)22(24,25)26)30-21-20-18(28-13-29-21)7-10-31(20)9-2-8-27;7-6-5-4(1-2-8-5)9-3-10-6/h1,3-7,10-13H,2,9H2,(H,28,29,30);1-3,8H. The number of nitrogens with zero attached hydrogens (tertiary/aromatic N) is 6. The Hall–Kier alpha value is -4.86. The number of nitrogens with one attached hydrogen (secondary N) is 2. The van der Waals surface area contributed by atoms with Crippen LogP contribution in [-0.2, 0) is 12.7 Å². The summed E-state index contributed by atoms with van der Waals surface area (Å²) in [6.45, 7) is 0.493. The zero-order valence-corrected chi connectivity index (χ0v) is 22.9. The molecule has 4 heterocycles. The number of aromatic nitrogens is 6. The molecule has 0 spiro atoms. The molecule has 14 heteroatoms. The quantitative estimate of drug-likeness (QED) is 0.183. The lowest BCUT2D eigenvalue weighted by Crippen LogP contribution is -2.04. The number of hydrogen-bond acceptors (Lipinski definition) is 7. The van der Waals surface area contributed by atoms with Gasteiger partial charge in [-0.15, -0.1) is 0 Å². The van der Waals surface area contributed by atoms with Gasteiger partial charge in [0.15, 0.2) is 11.0 Å². The van der Waals surface area contributed by atoms with Crippen LogP contribution < -0.4 is 10.1 Å². The summed E-state index contributed by atoms with van der Waals surface area (Å²) < 4.78 is 46.2. The smallest absolute Gasteiger partial charge is 0.416 e. The Bertz CT molecular complexity index is 1900. The van der Waals surface area contributed by atoms with Crippen molar-refractivity contribution in [2.75, 3.05) is 5.32 Å². The van der Waals surface area contributed by atoms with Gasteiger partial charge in [-0.2, -0.15) is 18.4 Å². The third kappa shape index (κ3) is 6.54. The second kappa shape index (κ2) is 12.3. The van der Waals surface area contributed by atoms with Crippen molar-refractivity contribution in [3.63, 3.8) is 0 Å². The number of fused-ring (bicyclic) bond motifs is 2. The number of anilines is 2. The summed E-state index contributed by atoms with van der Waals surface area (Å²) in [4.78, 5) is 19.2. The molecule has 9 nitrogen and oxygen atoms in total. The monoisotopic (exact) mass is 610 g/mol. The van der Waals surface area contributed by atoms with E-state index in [1.807, 2.05) is 22.9 Å². The third-order valence-corrected chi connectivity index (χ3v) is 6.48. The molecule has 0 saturated heterocycles. The normalized spacial score (nSPS) is 11.1. The number of aromatic amines is 1. The van der Waals surface area contributed by atoms with Crippen LogP contribution in [0.1, 0.15) is 12.0 Å². The summed E-state index contributed by atoms with van der Waals surface area (Å²) in [5, 5.41) is 12.7. The molecule has 0 amide bonds. The van der Waals surface area contributed by atoms with E-state index in [1.165, 1.54) is 24.8 Å². The van der Waals surface area contributed by atoms with Crippen LogP contribution in [0.15, 0.2) is 79.6 Å². The van der Waals surface area contributed by atoms with Gasteiger partial charge < -0.3 is 19.6 Å². The van der Waals surface area contributed by atoms with Crippen LogP contribution >= 0.6 is 23.2 Å². The van der Waals surface area contributed by atoms with Crippen molar-refractivity contribution >= 4 is 56.8 Å². The van der Waals surface area contributed by atoms with E-state index in [9.17, 15) is 13.2 Å². The van der Waals surface area contributed by atoms with E-state index in [4.69, 9.17) is 33.2 Å². The minimum Gasteiger partial charge on any atom is -0.456 e. The van der Waals surface area contributed by atoms with Crippen molar-refractivity contribution in [3.8, 4) is 17.6 Å². The number of H-pyrrole nitrogens is 1. The maximum absolute atomic E-state index is 12.9. The Morgan fingerprint density at radius 2 is 1.79 bits per heavy atom. The number of rotatable bonds is 6. The molecule has 0 radical (unpaired) electrons. The van der Waals surface area contributed by atoms with Crippen LogP contribution in [0.25, 0.3) is 22.1 Å². The summed E-state index contributed by atoms with van der Waals surface area (Å²) in [5.41, 5.74) is 2.89. The lowest BCUT2D eigenvalue weighted by atomic mass is 10.2. The van der Waals surface area contributed by atoms with Gasteiger partial charge in [-0.05, 0) is 48.5 Å². The molecule has 0 atom stereocenters. The third-order valence-electron chi connectivity index (χ3n) is 5.90. The molecule has 2 N–H and O–H groups in total. The van der Waals surface area contributed by atoms with Crippen LogP contribution in [0.5, 0.6) is 11.5 Å². The van der Waals surface area contributed by atoms with Crippen molar-refractivity contribution < 1.29 is 17.9 Å². The van der Waals surface area contributed by atoms with Crippen LogP contribution in [0.4, 0.5) is 24.7 Å². The number of hydrogen-bond donors (Lipinski definition) is 2. The summed E-state index contributed by atoms with van der Waals surface area (Å²) in [6, 6.07) is 15.2. The first-order valence-electron chi connectivity index (χ1n) is 12.2. The van der Waals surface area contributed by atoms with E-state index in [-0.39, 0.29) is 16.5 Å². The van der Waals surface area contributed by atoms with Gasteiger partial charge in [-0.3, -0.25) is 0 Å². The minimum atomic E-state index is -4.47. The van der Waals surface area contributed by atoms with Gasteiger partial charge >= 0.3 is 6.18 Å². The fourth-order valence-corrected chi connectivity index (χ4v) is 4.40. The van der Waals surface area contributed by atoms with Gasteiger partial charge in [-0.25, -0.2) is 19.9 Å². The topological polar surface area (TPSA) is 117 Å². The summed E-state index contributed by atoms with van der Waals surface area (Å²) in [6.07, 6.45) is 2.35. The zero-order valence-electron chi connectivity index (χ0n) is 21.4. The zero-order chi connectivity index (χ0) is 29.7. The van der Waals surface area contributed by atoms with Crippen molar-refractivity contribution in [3.05, 3.63) is 95.4 Å². The van der Waals surface area contributed by atoms with Crippen molar-refractivity contribution in [1.82, 2.24) is 29.5 Å². The van der Waals surface area contributed by atoms with Gasteiger partial charge in [0.1, 0.15) is 35.2 Å². The fourth-order valence-electron chi connectivity index (χ4n) is 3.98. The van der Waals surface area contributed by atoms with E-state index in [0.717, 1.165) is 34.2 Å². The molecule has 6 aromatic rings. The highest BCUT2D eigenvalue weighted by Gasteiger charge is 2.30. The predicted octanol–water partition coefficient (Wildman–Crippen LogP) is 8.16. The molecule has 42 heavy (non-hydrogen) atoms. The van der Waals surface area contributed by atoms with Gasteiger partial charge in [0.2, 0.25) is 0 Å². The number of alkyl halides is 3. The molecule has 0 bridgehead atoms. The lowest BCUT2D eigenvalue weighted by Gasteiger charge is -2.13. The molecule has 212 valence electrons. The molecule has 0 aliphatic heterocycles. The van der Waals surface area contributed by atoms with Crippen LogP contribution in [0.3, 0.4) is 0 Å². The van der Waals surface area contributed by atoms with Gasteiger partial charge in [0, 0.05) is 24.6 Å². The first kappa shape index (κ1) is 28.7. The minimum absolute atomic E-state index is 0.0234. The second-order valence-electron chi connectivity index (χ2n) is 8.67. The highest BCUT2D eigenvalue weighted by molar-refractivity contribution is 6.33. The summed E-state index contributed by atoms with van der Waals surface area (Å²) in [7, 11) is 0. The van der Waals surface area contributed by atoms with Crippen LogP contribution in [0, 0.1) is 11.3 Å². The number of nitriles is 1. The maximum Gasteiger partial charge on any atom is 0.416 e. The fraction of sp³-hybridized carbons (Fsp3) is 0.107. The maximum atomic E-state index is 12.9. The number of halogens is 5. The Morgan fingerprint density at radius 1 is 0.976 bits per heavy atom. The highest BCUT2D eigenvalue weighted by atomic mass is 35.5. The first-order valence-corrected chi connectivity index (χ1v) is 13.0. The molecular weight excluding hydrogens is 592 g/mol. The number of ether oxygens (including phenoxy) is 1. The molecule has 0 aliphatic rings. The van der Waals surface area contributed by atoms with Gasteiger partial charge in [-0.1, -0.05) is 29.3 Å². The van der Waals surface area contributed by atoms with Crippen molar-refractivity contribution in [2.45, 2.75) is 19.1 Å². The SMILES string of the molecule is Clc1ncnc2cc[nH]c12.N#CCCn1ccc2ncnc(Nc3ccc(Oc4cccc(C(F)(F)F)c4)c(Cl)c3)c21. The predicted molar refractivity (Wildman–Crippen MR) is 153 cm³/mol. The Kier molecular flexibility index (Phi) is 8.42. The lowest BCUT2D eigenvalue weighted by molar-refractivity contribution is -0.137. The molecule has 4 aromatic heterocycles. The van der Waals surface area contributed by atoms with Gasteiger partial charge in [0.25, 0.3) is 0 Å². The van der Waals surface area contributed by atoms with Gasteiger partial charge in [0.05, 0.1) is 34.1 Å². The average Bonchev–Trinajstić information content (AvgIpc) is 3.62. The van der Waals surface area contributed by atoms with E-state index in [2.05, 4.69) is 36.3 Å². The van der Waals surface area contributed by atoms with Crippen LogP contribution in [0.2, 0.25) is 10.2 Å². The molecule has 0 unspecified atom stereocenters. The average molecular weight is 611 g/mol. The van der Waals surface area contributed by atoms with Crippen molar-refractivity contribution in [1.29, 1.82) is 5.26 Å². The number of aryl methyl sites for hydroxylation is 1. The first-order chi connectivity index (χ1) is 20.2. The largest absolute Gasteiger partial charge is 0.456 e. The van der Waals surface area contributed by atoms with Crippen LogP contribution in [-0.4, -0.2) is 29.5 Å². The molecule has 0 fully saturated rings. The van der Waals surface area contributed by atoms with E-state index in [0.29, 0.717) is 29.6 Å². The second-order valence-corrected chi connectivity index (χ2v) is 9.44. The summed E-state index contributed by atoms with van der Waals surface area (Å²) >= 11 is 12.0. The molecule has 2 aromatic carbocycles. The molecule has 0 saturated carbocycles. The van der Waals surface area contributed by atoms with E-state index < -0.39 is 11.7 Å². The Labute approximate surface area is 246 Å². The van der Waals surface area contributed by atoms with Crippen molar-refractivity contribution in [2.24, 2.45) is 0 Å². The highest BCUT2D eigenvalue weighted by Crippen LogP contribution is 2.36. The van der Waals surface area contributed by atoms with E-state index >= 15 is 0 Å². The molecule has 0 aliphatic carbocycles.